The predicted octanol–water partition coefficient (Wildman–Crippen LogP) is 4.83. The first-order chi connectivity index (χ1) is 12.5. The van der Waals surface area contributed by atoms with Crippen molar-refractivity contribution in [2.75, 3.05) is 0 Å². The van der Waals surface area contributed by atoms with E-state index in [0.717, 1.165) is 12.0 Å². The van der Waals surface area contributed by atoms with Crippen LogP contribution < -0.4 is 0 Å². The lowest BCUT2D eigenvalue weighted by Gasteiger charge is -2.04. The molecule has 2 nitrogen and oxygen atoms in total. The van der Waals surface area contributed by atoms with Gasteiger partial charge >= 0.3 is 0 Å². The van der Waals surface area contributed by atoms with E-state index in [1.165, 1.54) is 37.5 Å². The molecule has 2 aromatic carbocycles. The van der Waals surface area contributed by atoms with Gasteiger partial charge in [-0.05, 0) is 42.5 Å². The van der Waals surface area contributed by atoms with E-state index < -0.39 is 11.6 Å². The summed E-state index contributed by atoms with van der Waals surface area (Å²) in [5.41, 5.74) is 1.96. The van der Waals surface area contributed by atoms with Crippen molar-refractivity contribution in [3.05, 3.63) is 82.7 Å². The van der Waals surface area contributed by atoms with Gasteiger partial charge in [0.15, 0.2) is 11.6 Å². The largest absolute Gasteiger partial charge is 0.229 e. The number of nitrogens with zero attached hydrogens (tertiary/aromatic N) is 2. The van der Waals surface area contributed by atoms with Crippen LogP contribution in [-0.2, 0) is 6.42 Å². The number of aromatic nitrogens is 2. The molecule has 0 saturated heterocycles. The molecule has 26 heavy (non-hydrogen) atoms. The summed E-state index contributed by atoms with van der Waals surface area (Å²) >= 11 is 0. The molecule has 3 aromatic rings. The molecule has 3 rings (SSSR count). The van der Waals surface area contributed by atoms with Crippen molar-refractivity contribution in [2.24, 2.45) is 0 Å². The fourth-order valence-electron chi connectivity index (χ4n) is 2.41. The summed E-state index contributed by atoms with van der Waals surface area (Å²) in [6.45, 7) is 3.43. The molecule has 0 amide bonds. The smallest absolute Gasteiger partial charge is 0.205 e. The molecule has 0 aliphatic heterocycles. The summed E-state index contributed by atoms with van der Waals surface area (Å²) < 4.78 is 41.5. The van der Waals surface area contributed by atoms with Gasteiger partial charge in [0.2, 0.25) is 5.82 Å². The van der Waals surface area contributed by atoms with Gasteiger partial charge in [-0.25, -0.2) is 23.1 Å². The number of aryl methyl sites for hydroxylation is 2. The summed E-state index contributed by atoms with van der Waals surface area (Å²) in [4.78, 5) is 8.11. The van der Waals surface area contributed by atoms with Gasteiger partial charge in [-0.2, -0.15) is 0 Å². The lowest BCUT2D eigenvalue weighted by molar-refractivity contribution is 0.501. The molecule has 0 bridgehead atoms. The van der Waals surface area contributed by atoms with Crippen LogP contribution in [0.3, 0.4) is 0 Å². The number of halogens is 3. The van der Waals surface area contributed by atoms with Crippen molar-refractivity contribution in [3.8, 4) is 23.0 Å². The van der Waals surface area contributed by atoms with Crippen LogP contribution in [0.1, 0.15) is 29.4 Å². The Bertz CT molecular complexity index is 1020. The maximum atomic E-state index is 14.1. The Hall–Kier alpha value is -3.13. The van der Waals surface area contributed by atoms with Crippen LogP contribution in [-0.4, -0.2) is 9.97 Å². The van der Waals surface area contributed by atoms with E-state index in [9.17, 15) is 13.2 Å². The van der Waals surface area contributed by atoms with Crippen molar-refractivity contribution < 1.29 is 13.2 Å². The molecule has 0 aliphatic rings. The lowest BCUT2D eigenvalue weighted by Crippen LogP contribution is -1.94. The zero-order valence-electron chi connectivity index (χ0n) is 14.3. The van der Waals surface area contributed by atoms with E-state index in [-0.39, 0.29) is 22.8 Å². The van der Waals surface area contributed by atoms with Crippen molar-refractivity contribution in [1.82, 2.24) is 9.97 Å². The number of rotatable bonds is 2. The van der Waals surface area contributed by atoms with Gasteiger partial charge in [0.25, 0.3) is 0 Å². The molecule has 0 aliphatic carbocycles. The fraction of sp³-hybridized carbons (Fsp3) is 0.143. The molecule has 130 valence electrons. The standard InChI is InChI=1S/C21H15F3N2/c1-3-14-5-8-17(18(22)10-14)16-11-25-19(26-12-16)9-7-15-6-4-13(2)20(23)21(15)24/h4-6,8,10-12H,3H2,1-2H3. The topological polar surface area (TPSA) is 25.8 Å². The van der Waals surface area contributed by atoms with Gasteiger partial charge in [-0.1, -0.05) is 31.0 Å². The Balaban J connectivity index is 1.87. The summed E-state index contributed by atoms with van der Waals surface area (Å²) in [5.74, 6) is 2.99. The molecule has 0 N–H and O–H groups in total. The highest BCUT2D eigenvalue weighted by Gasteiger charge is 2.09. The molecule has 1 aromatic heterocycles. The third-order valence-electron chi connectivity index (χ3n) is 3.99. The second-order valence-corrected chi connectivity index (χ2v) is 5.77. The minimum absolute atomic E-state index is 0.0676. The van der Waals surface area contributed by atoms with E-state index in [1.54, 1.807) is 6.07 Å². The van der Waals surface area contributed by atoms with Crippen LogP contribution in [0.25, 0.3) is 11.1 Å². The van der Waals surface area contributed by atoms with Crippen LogP contribution in [0, 0.1) is 36.2 Å². The molecule has 0 radical (unpaired) electrons. The Morgan fingerprint density at radius 3 is 2.31 bits per heavy atom. The minimum atomic E-state index is -0.993. The Labute approximate surface area is 149 Å². The normalized spacial score (nSPS) is 10.3. The Kier molecular flexibility index (Phi) is 5.04. The van der Waals surface area contributed by atoms with Crippen LogP contribution in [0.5, 0.6) is 0 Å². The fourth-order valence-corrected chi connectivity index (χ4v) is 2.41. The number of benzene rings is 2. The summed E-state index contributed by atoms with van der Waals surface area (Å²) in [6, 6.07) is 7.87. The zero-order valence-corrected chi connectivity index (χ0v) is 14.3. The predicted molar refractivity (Wildman–Crippen MR) is 93.9 cm³/mol. The van der Waals surface area contributed by atoms with Gasteiger partial charge < -0.3 is 0 Å². The highest BCUT2D eigenvalue weighted by atomic mass is 19.2. The number of hydrogen-bond acceptors (Lipinski definition) is 2. The average molecular weight is 352 g/mol. The number of hydrogen-bond donors (Lipinski definition) is 0. The van der Waals surface area contributed by atoms with Gasteiger partial charge in [0, 0.05) is 23.5 Å². The van der Waals surface area contributed by atoms with Crippen LogP contribution >= 0.6 is 0 Å². The van der Waals surface area contributed by atoms with Crippen molar-refractivity contribution in [1.29, 1.82) is 0 Å². The van der Waals surface area contributed by atoms with Crippen LogP contribution in [0.2, 0.25) is 0 Å². The SMILES string of the molecule is CCc1ccc(-c2cnc(C#Cc3ccc(C)c(F)c3F)nc2)c(F)c1. The van der Waals surface area contributed by atoms with E-state index in [1.807, 2.05) is 13.0 Å². The van der Waals surface area contributed by atoms with Gasteiger partial charge in [0.05, 0.1) is 5.56 Å². The highest BCUT2D eigenvalue weighted by molar-refractivity contribution is 5.62. The van der Waals surface area contributed by atoms with E-state index in [2.05, 4.69) is 21.8 Å². The molecule has 0 saturated carbocycles. The van der Waals surface area contributed by atoms with Crippen molar-refractivity contribution in [2.45, 2.75) is 20.3 Å². The Morgan fingerprint density at radius 1 is 0.923 bits per heavy atom. The first-order valence-corrected chi connectivity index (χ1v) is 8.07. The quantitative estimate of drug-likeness (QED) is 0.617. The van der Waals surface area contributed by atoms with Crippen LogP contribution in [0.15, 0.2) is 42.7 Å². The van der Waals surface area contributed by atoms with E-state index in [0.29, 0.717) is 11.1 Å². The van der Waals surface area contributed by atoms with Gasteiger partial charge in [-0.15, -0.1) is 0 Å². The third-order valence-corrected chi connectivity index (χ3v) is 3.99. The van der Waals surface area contributed by atoms with Crippen molar-refractivity contribution in [3.63, 3.8) is 0 Å². The summed E-state index contributed by atoms with van der Waals surface area (Å²) in [6.07, 6.45) is 3.65. The minimum Gasteiger partial charge on any atom is -0.229 e. The second-order valence-electron chi connectivity index (χ2n) is 5.77. The first-order valence-electron chi connectivity index (χ1n) is 8.07. The maximum absolute atomic E-state index is 14.1. The van der Waals surface area contributed by atoms with E-state index in [4.69, 9.17) is 0 Å². The molecule has 0 spiro atoms. The lowest BCUT2D eigenvalue weighted by atomic mass is 10.0. The second kappa shape index (κ2) is 7.40. The Morgan fingerprint density at radius 2 is 1.65 bits per heavy atom. The molecule has 1 heterocycles. The molecule has 0 fully saturated rings. The van der Waals surface area contributed by atoms with Gasteiger partial charge in [0.1, 0.15) is 5.82 Å². The highest BCUT2D eigenvalue weighted by Crippen LogP contribution is 2.22. The molecular weight excluding hydrogens is 337 g/mol. The molecule has 0 unspecified atom stereocenters. The monoisotopic (exact) mass is 352 g/mol. The zero-order chi connectivity index (χ0) is 18.7. The van der Waals surface area contributed by atoms with Gasteiger partial charge in [-0.3, -0.25) is 0 Å². The van der Waals surface area contributed by atoms with E-state index >= 15 is 0 Å². The maximum Gasteiger partial charge on any atom is 0.205 e. The molecular formula is C21H15F3N2. The summed E-state index contributed by atoms with van der Waals surface area (Å²) in [7, 11) is 0. The average Bonchev–Trinajstić information content (AvgIpc) is 2.66. The van der Waals surface area contributed by atoms with Crippen LogP contribution in [0.4, 0.5) is 13.2 Å². The third kappa shape index (κ3) is 3.60. The molecule has 0 atom stereocenters. The first kappa shape index (κ1) is 17.7. The summed E-state index contributed by atoms with van der Waals surface area (Å²) in [5, 5.41) is 0. The molecule has 5 heteroatoms. The van der Waals surface area contributed by atoms with Crippen molar-refractivity contribution >= 4 is 0 Å².